The highest BCUT2D eigenvalue weighted by Crippen LogP contribution is 2.44. The van der Waals surface area contributed by atoms with E-state index in [-0.39, 0.29) is 11.3 Å². The van der Waals surface area contributed by atoms with Crippen LogP contribution in [0.4, 0.5) is 11.4 Å². The number of rotatable bonds is 6. The van der Waals surface area contributed by atoms with Crippen LogP contribution in [0.2, 0.25) is 5.02 Å². The maximum Gasteiger partial charge on any atom is 0.300 e. The number of carbonyl (C=O) groups is 2. The summed E-state index contributed by atoms with van der Waals surface area (Å²) in [6.07, 6.45) is 0. The molecule has 0 bridgehead atoms. The molecule has 1 atom stereocenters. The standard InChI is InChI=1S/C27H25ClN2O5/c1-29(2)19-10-8-16(9-11-19)24-23(25(31)17-6-5-7-18(28)12-17)26(32)27(33)30(24)20-13-21(34-3)15-22(14-20)35-4/h5-15,24,31H,1-4H3/b25-23+. The Bertz CT molecular complexity index is 1300. The second-order valence-electron chi connectivity index (χ2n) is 8.24. The highest BCUT2D eigenvalue weighted by atomic mass is 35.5. The third-order valence-corrected chi connectivity index (χ3v) is 6.12. The molecule has 0 saturated carbocycles. The van der Waals surface area contributed by atoms with Gasteiger partial charge < -0.3 is 19.5 Å². The predicted octanol–water partition coefficient (Wildman–Crippen LogP) is 5.05. The Labute approximate surface area is 208 Å². The topological polar surface area (TPSA) is 79.3 Å². The molecule has 1 aliphatic heterocycles. The van der Waals surface area contributed by atoms with Crippen LogP contribution < -0.4 is 19.3 Å². The van der Waals surface area contributed by atoms with Crippen LogP contribution in [0.25, 0.3) is 5.76 Å². The highest BCUT2D eigenvalue weighted by molar-refractivity contribution is 6.51. The summed E-state index contributed by atoms with van der Waals surface area (Å²) in [5, 5.41) is 11.6. The number of methoxy groups -OCH3 is 2. The van der Waals surface area contributed by atoms with Crippen LogP contribution in [-0.2, 0) is 9.59 Å². The van der Waals surface area contributed by atoms with Gasteiger partial charge in [-0.1, -0.05) is 35.9 Å². The number of ketones is 1. The average molecular weight is 493 g/mol. The Balaban J connectivity index is 1.96. The smallest absolute Gasteiger partial charge is 0.300 e. The Morgan fingerprint density at radius 3 is 2.11 bits per heavy atom. The minimum absolute atomic E-state index is 0.0309. The molecule has 1 fully saturated rings. The Morgan fingerprint density at radius 1 is 0.943 bits per heavy atom. The van der Waals surface area contributed by atoms with E-state index in [0.29, 0.717) is 33.3 Å². The first kappa shape index (κ1) is 24.2. The van der Waals surface area contributed by atoms with Gasteiger partial charge in [0.15, 0.2) is 0 Å². The maximum absolute atomic E-state index is 13.4. The molecule has 8 heteroatoms. The second kappa shape index (κ2) is 9.72. The first-order chi connectivity index (χ1) is 16.7. The quantitative estimate of drug-likeness (QED) is 0.295. The van der Waals surface area contributed by atoms with E-state index in [1.54, 1.807) is 42.5 Å². The van der Waals surface area contributed by atoms with Crippen molar-refractivity contribution in [2.45, 2.75) is 6.04 Å². The zero-order chi connectivity index (χ0) is 25.3. The van der Waals surface area contributed by atoms with Crippen molar-refractivity contribution >= 4 is 40.4 Å². The Hall–Kier alpha value is -3.97. The number of carbonyl (C=O) groups excluding carboxylic acids is 2. The summed E-state index contributed by atoms with van der Waals surface area (Å²) < 4.78 is 10.7. The highest BCUT2D eigenvalue weighted by Gasteiger charge is 2.47. The lowest BCUT2D eigenvalue weighted by Crippen LogP contribution is -2.29. The van der Waals surface area contributed by atoms with Crippen LogP contribution in [0.3, 0.4) is 0 Å². The molecule has 1 amide bonds. The minimum Gasteiger partial charge on any atom is -0.507 e. The van der Waals surface area contributed by atoms with Crippen LogP contribution in [0.15, 0.2) is 72.3 Å². The lowest BCUT2D eigenvalue weighted by Gasteiger charge is -2.26. The van der Waals surface area contributed by atoms with Crippen molar-refractivity contribution in [3.8, 4) is 11.5 Å². The molecule has 0 aliphatic carbocycles. The molecule has 1 aliphatic rings. The van der Waals surface area contributed by atoms with Crippen molar-refractivity contribution in [2.24, 2.45) is 0 Å². The van der Waals surface area contributed by atoms with E-state index >= 15 is 0 Å². The molecule has 1 unspecified atom stereocenters. The van der Waals surface area contributed by atoms with Gasteiger partial charge in [-0.05, 0) is 29.8 Å². The fraction of sp³-hybridized carbons (Fsp3) is 0.185. The monoisotopic (exact) mass is 492 g/mol. The third-order valence-electron chi connectivity index (χ3n) is 5.88. The largest absolute Gasteiger partial charge is 0.507 e. The van der Waals surface area contributed by atoms with Crippen LogP contribution in [0.1, 0.15) is 17.2 Å². The van der Waals surface area contributed by atoms with E-state index in [4.69, 9.17) is 21.1 Å². The fourth-order valence-electron chi connectivity index (χ4n) is 4.09. The summed E-state index contributed by atoms with van der Waals surface area (Å²) in [5.74, 6) is -0.961. The van der Waals surface area contributed by atoms with Gasteiger partial charge in [-0.25, -0.2) is 0 Å². The number of anilines is 2. The molecule has 0 aromatic heterocycles. The number of aliphatic hydroxyl groups is 1. The third kappa shape index (κ3) is 4.55. The van der Waals surface area contributed by atoms with Crippen molar-refractivity contribution in [3.05, 3.63) is 88.5 Å². The van der Waals surface area contributed by atoms with Crippen LogP contribution >= 0.6 is 11.6 Å². The van der Waals surface area contributed by atoms with Gasteiger partial charge >= 0.3 is 0 Å². The number of halogens is 1. The van der Waals surface area contributed by atoms with E-state index in [0.717, 1.165) is 5.69 Å². The molecule has 35 heavy (non-hydrogen) atoms. The van der Waals surface area contributed by atoms with Crippen molar-refractivity contribution < 1.29 is 24.2 Å². The van der Waals surface area contributed by atoms with E-state index < -0.39 is 17.7 Å². The molecule has 3 aromatic carbocycles. The van der Waals surface area contributed by atoms with Gasteiger partial charge in [0.05, 0.1) is 31.5 Å². The van der Waals surface area contributed by atoms with Crippen molar-refractivity contribution in [3.63, 3.8) is 0 Å². The number of aliphatic hydroxyl groups excluding tert-OH is 1. The summed E-state index contributed by atoms with van der Waals surface area (Å²) in [4.78, 5) is 30.0. The first-order valence-corrected chi connectivity index (χ1v) is 11.2. The second-order valence-corrected chi connectivity index (χ2v) is 8.67. The van der Waals surface area contributed by atoms with Gasteiger partial charge in [0.25, 0.3) is 11.7 Å². The molecule has 180 valence electrons. The molecule has 1 N–H and O–H groups in total. The number of benzene rings is 3. The van der Waals surface area contributed by atoms with Gasteiger partial charge in [-0.15, -0.1) is 0 Å². The van der Waals surface area contributed by atoms with E-state index in [9.17, 15) is 14.7 Å². The number of hydrogen-bond acceptors (Lipinski definition) is 6. The van der Waals surface area contributed by atoms with Gasteiger partial charge in [0.1, 0.15) is 17.3 Å². The van der Waals surface area contributed by atoms with Crippen LogP contribution in [-0.4, -0.2) is 45.1 Å². The van der Waals surface area contributed by atoms with Crippen molar-refractivity contribution in [1.29, 1.82) is 0 Å². The molecular formula is C27H25ClN2O5. The fourth-order valence-corrected chi connectivity index (χ4v) is 4.28. The van der Waals surface area contributed by atoms with Crippen LogP contribution in [0.5, 0.6) is 11.5 Å². The van der Waals surface area contributed by atoms with Crippen molar-refractivity contribution in [2.75, 3.05) is 38.1 Å². The minimum atomic E-state index is -0.887. The summed E-state index contributed by atoms with van der Waals surface area (Å²) in [7, 11) is 6.85. The first-order valence-electron chi connectivity index (χ1n) is 10.8. The summed E-state index contributed by atoms with van der Waals surface area (Å²) in [6, 6.07) is 18.0. The van der Waals surface area contributed by atoms with E-state index in [1.165, 1.54) is 19.1 Å². The molecule has 7 nitrogen and oxygen atoms in total. The summed E-state index contributed by atoms with van der Waals surface area (Å²) >= 11 is 6.12. The van der Waals surface area contributed by atoms with E-state index in [2.05, 4.69) is 0 Å². The molecule has 0 radical (unpaired) electrons. The number of amides is 1. The van der Waals surface area contributed by atoms with Gasteiger partial charge in [-0.2, -0.15) is 0 Å². The number of nitrogens with zero attached hydrogens (tertiary/aromatic N) is 2. The van der Waals surface area contributed by atoms with Crippen molar-refractivity contribution in [1.82, 2.24) is 0 Å². The average Bonchev–Trinajstić information content (AvgIpc) is 3.13. The van der Waals surface area contributed by atoms with Gasteiger partial charge in [-0.3, -0.25) is 14.5 Å². The number of ether oxygens (including phenoxy) is 2. The molecule has 1 heterocycles. The Morgan fingerprint density at radius 2 is 1.57 bits per heavy atom. The predicted molar refractivity (Wildman–Crippen MR) is 137 cm³/mol. The zero-order valence-corrected chi connectivity index (χ0v) is 20.5. The molecule has 0 spiro atoms. The molecule has 3 aromatic rings. The molecule has 1 saturated heterocycles. The maximum atomic E-state index is 13.4. The lowest BCUT2D eigenvalue weighted by atomic mass is 9.95. The van der Waals surface area contributed by atoms with E-state index in [1.807, 2.05) is 43.3 Å². The van der Waals surface area contributed by atoms with Gasteiger partial charge in [0.2, 0.25) is 0 Å². The van der Waals surface area contributed by atoms with Gasteiger partial charge in [0, 0.05) is 48.6 Å². The summed E-state index contributed by atoms with van der Waals surface area (Å²) in [6.45, 7) is 0. The number of hydrogen-bond donors (Lipinski definition) is 1. The van der Waals surface area contributed by atoms with Crippen LogP contribution in [0, 0.1) is 0 Å². The SMILES string of the molecule is COc1cc(OC)cc(N2C(=O)C(=O)/C(=C(/O)c3cccc(Cl)c3)C2c2ccc(N(C)C)cc2)c1. The Kier molecular flexibility index (Phi) is 6.71. The lowest BCUT2D eigenvalue weighted by molar-refractivity contribution is -0.132. The molecular weight excluding hydrogens is 468 g/mol. The zero-order valence-electron chi connectivity index (χ0n) is 19.8. The number of Topliss-reactive ketones (excluding diaryl/α,β-unsaturated/α-hetero) is 1. The summed E-state index contributed by atoms with van der Waals surface area (Å²) in [5.41, 5.74) is 2.31. The molecule has 4 rings (SSSR count). The normalized spacial score (nSPS) is 16.9.